The maximum absolute atomic E-state index is 10.2. The van der Waals surface area contributed by atoms with Crippen LogP contribution in [0.5, 0.6) is 0 Å². The molecular formula is C14H26O2. The molecule has 2 bridgehead atoms. The van der Waals surface area contributed by atoms with E-state index in [0.29, 0.717) is 0 Å². The van der Waals surface area contributed by atoms with Crippen LogP contribution < -0.4 is 0 Å². The molecule has 0 aromatic rings. The lowest BCUT2D eigenvalue weighted by molar-refractivity contribution is -0.0836. The summed E-state index contributed by atoms with van der Waals surface area (Å²) in [5.74, 6) is 0. The van der Waals surface area contributed by atoms with Gasteiger partial charge in [0, 0.05) is 6.42 Å². The van der Waals surface area contributed by atoms with Crippen molar-refractivity contribution >= 4 is 0 Å². The van der Waals surface area contributed by atoms with Crippen LogP contribution in [0, 0.1) is 0 Å². The number of fused-ring (bicyclic) bond motifs is 2. The summed E-state index contributed by atoms with van der Waals surface area (Å²) >= 11 is 0. The van der Waals surface area contributed by atoms with Crippen LogP contribution in [-0.2, 0) is 4.74 Å². The normalized spacial score (nSPS) is 41.8. The second-order valence-corrected chi connectivity index (χ2v) is 5.78. The first-order chi connectivity index (χ1) is 7.66. The highest BCUT2D eigenvalue weighted by atomic mass is 16.6. The zero-order valence-electron chi connectivity index (χ0n) is 10.8. The molecule has 2 saturated heterocycles. The molecule has 2 aliphatic rings. The molecule has 2 fully saturated rings. The Morgan fingerprint density at radius 2 is 1.81 bits per heavy atom. The van der Waals surface area contributed by atoms with E-state index in [-0.39, 0.29) is 17.3 Å². The number of unbranched alkanes of at least 4 members (excludes halogenated alkanes) is 2. The average molecular weight is 226 g/mol. The van der Waals surface area contributed by atoms with Gasteiger partial charge in [-0.05, 0) is 25.7 Å². The number of ether oxygens (including phenoxy) is 1. The van der Waals surface area contributed by atoms with E-state index in [0.717, 1.165) is 25.7 Å². The molecule has 0 spiro atoms. The SMILES string of the molecule is CCCCC12CCC(CCCC)(O1)C(O)C2. The van der Waals surface area contributed by atoms with Crippen molar-refractivity contribution in [1.82, 2.24) is 0 Å². The summed E-state index contributed by atoms with van der Waals surface area (Å²) in [4.78, 5) is 0. The molecule has 94 valence electrons. The van der Waals surface area contributed by atoms with Crippen LogP contribution in [0.4, 0.5) is 0 Å². The van der Waals surface area contributed by atoms with E-state index < -0.39 is 0 Å². The second-order valence-electron chi connectivity index (χ2n) is 5.78. The maximum atomic E-state index is 10.2. The van der Waals surface area contributed by atoms with Gasteiger partial charge in [-0.25, -0.2) is 0 Å². The molecule has 1 N–H and O–H groups in total. The summed E-state index contributed by atoms with van der Waals surface area (Å²) in [6.07, 6.45) is 9.97. The van der Waals surface area contributed by atoms with Crippen molar-refractivity contribution in [3.63, 3.8) is 0 Å². The van der Waals surface area contributed by atoms with E-state index in [1.54, 1.807) is 0 Å². The summed E-state index contributed by atoms with van der Waals surface area (Å²) in [5, 5.41) is 10.2. The first-order valence-corrected chi connectivity index (χ1v) is 7.05. The van der Waals surface area contributed by atoms with E-state index in [1.807, 2.05) is 0 Å². The largest absolute Gasteiger partial charge is 0.390 e. The van der Waals surface area contributed by atoms with E-state index in [9.17, 15) is 5.11 Å². The molecule has 16 heavy (non-hydrogen) atoms. The number of aliphatic hydroxyl groups excluding tert-OH is 1. The van der Waals surface area contributed by atoms with Crippen LogP contribution >= 0.6 is 0 Å². The average Bonchev–Trinajstić information content (AvgIpc) is 2.77. The fraction of sp³-hybridized carbons (Fsp3) is 1.00. The summed E-state index contributed by atoms with van der Waals surface area (Å²) in [7, 11) is 0. The summed E-state index contributed by atoms with van der Waals surface area (Å²) in [6.45, 7) is 4.43. The lowest BCUT2D eigenvalue weighted by atomic mass is 9.76. The van der Waals surface area contributed by atoms with Crippen molar-refractivity contribution in [2.45, 2.75) is 88.9 Å². The van der Waals surface area contributed by atoms with Gasteiger partial charge in [0.15, 0.2) is 0 Å². The monoisotopic (exact) mass is 226 g/mol. The number of aliphatic hydroxyl groups is 1. The molecule has 3 unspecified atom stereocenters. The van der Waals surface area contributed by atoms with Crippen LogP contribution in [0.1, 0.15) is 71.6 Å². The molecular weight excluding hydrogens is 200 g/mol. The third-order valence-electron chi connectivity index (χ3n) is 4.54. The van der Waals surface area contributed by atoms with Crippen LogP contribution in [0.3, 0.4) is 0 Å². The third kappa shape index (κ3) is 2.02. The Kier molecular flexibility index (Phi) is 3.60. The highest BCUT2D eigenvalue weighted by Crippen LogP contribution is 2.54. The quantitative estimate of drug-likeness (QED) is 0.752. The number of rotatable bonds is 6. The highest BCUT2D eigenvalue weighted by molar-refractivity contribution is 5.09. The van der Waals surface area contributed by atoms with Gasteiger partial charge in [0.1, 0.15) is 0 Å². The molecule has 2 aliphatic heterocycles. The number of hydrogen-bond acceptors (Lipinski definition) is 2. The minimum Gasteiger partial charge on any atom is -0.390 e. The summed E-state index contributed by atoms with van der Waals surface area (Å²) < 4.78 is 6.31. The zero-order chi connectivity index (χ0) is 11.6. The van der Waals surface area contributed by atoms with Gasteiger partial charge in [0.05, 0.1) is 17.3 Å². The van der Waals surface area contributed by atoms with Crippen molar-refractivity contribution in [1.29, 1.82) is 0 Å². The molecule has 0 radical (unpaired) electrons. The minimum atomic E-state index is -0.204. The molecule has 0 amide bonds. The molecule has 0 aliphatic carbocycles. The Balaban J connectivity index is 1.98. The van der Waals surface area contributed by atoms with Gasteiger partial charge in [-0.3, -0.25) is 0 Å². The topological polar surface area (TPSA) is 29.5 Å². The standard InChI is InChI=1S/C14H26O2/c1-3-5-7-13-9-10-14(16-13,8-6-4-2)12(15)11-13/h12,15H,3-11H2,1-2H3. The van der Waals surface area contributed by atoms with Crippen molar-refractivity contribution in [2.24, 2.45) is 0 Å². The van der Waals surface area contributed by atoms with Crippen LogP contribution in [-0.4, -0.2) is 22.4 Å². The van der Waals surface area contributed by atoms with E-state index in [4.69, 9.17) is 4.74 Å². The molecule has 0 aromatic carbocycles. The van der Waals surface area contributed by atoms with Crippen molar-refractivity contribution < 1.29 is 9.84 Å². The van der Waals surface area contributed by atoms with Crippen molar-refractivity contribution in [3.05, 3.63) is 0 Å². The van der Waals surface area contributed by atoms with Crippen molar-refractivity contribution in [3.8, 4) is 0 Å². The Bertz CT molecular complexity index is 241. The molecule has 2 nitrogen and oxygen atoms in total. The van der Waals surface area contributed by atoms with Gasteiger partial charge in [0.25, 0.3) is 0 Å². The van der Waals surface area contributed by atoms with E-state index in [2.05, 4.69) is 13.8 Å². The molecule has 0 aromatic heterocycles. The lowest BCUT2D eigenvalue weighted by Crippen LogP contribution is -2.38. The second kappa shape index (κ2) is 4.66. The van der Waals surface area contributed by atoms with E-state index in [1.165, 1.54) is 32.1 Å². The summed E-state index contributed by atoms with van der Waals surface area (Å²) in [6, 6.07) is 0. The van der Waals surface area contributed by atoms with Gasteiger partial charge < -0.3 is 9.84 Å². The summed E-state index contributed by atoms with van der Waals surface area (Å²) in [5.41, 5.74) is -0.118. The predicted octanol–water partition coefficient (Wildman–Crippen LogP) is 3.42. The minimum absolute atomic E-state index is 0.0448. The van der Waals surface area contributed by atoms with Crippen LogP contribution in [0.15, 0.2) is 0 Å². The Hall–Kier alpha value is -0.0800. The van der Waals surface area contributed by atoms with Crippen LogP contribution in [0.25, 0.3) is 0 Å². The van der Waals surface area contributed by atoms with Gasteiger partial charge in [0.2, 0.25) is 0 Å². The Morgan fingerprint density at radius 1 is 1.12 bits per heavy atom. The molecule has 2 rings (SSSR count). The predicted molar refractivity (Wildman–Crippen MR) is 65.5 cm³/mol. The van der Waals surface area contributed by atoms with Gasteiger partial charge in [-0.15, -0.1) is 0 Å². The van der Waals surface area contributed by atoms with E-state index >= 15 is 0 Å². The molecule has 3 atom stereocenters. The lowest BCUT2D eigenvalue weighted by Gasteiger charge is -2.29. The Labute approximate surface area is 99.4 Å². The maximum Gasteiger partial charge on any atom is 0.0949 e. The van der Waals surface area contributed by atoms with Crippen molar-refractivity contribution in [2.75, 3.05) is 0 Å². The smallest absolute Gasteiger partial charge is 0.0949 e. The molecule has 2 heteroatoms. The first-order valence-electron chi connectivity index (χ1n) is 7.05. The number of hydrogen-bond donors (Lipinski definition) is 1. The van der Waals surface area contributed by atoms with Gasteiger partial charge in [-0.1, -0.05) is 39.5 Å². The van der Waals surface area contributed by atoms with Gasteiger partial charge >= 0.3 is 0 Å². The first kappa shape index (κ1) is 12.4. The van der Waals surface area contributed by atoms with Gasteiger partial charge in [-0.2, -0.15) is 0 Å². The van der Waals surface area contributed by atoms with Crippen LogP contribution in [0.2, 0.25) is 0 Å². The Morgan fingerprint density at radius 3 is 2.44 bits per heavy atom. The molecule has 2 heterocycles. The fourth-order valence-corrected chi connectivity index (χ4v) is 3.49. The highest BCUT2D eigenvalue weighted by Gasteiger charge is 2.59. The molecule has 0 saturated carbocycles. The fourth-order valence-electron chi connectivity index (χ4n) is 3.49. The third-order valence-corrected chi connectivity index (χ3v) is 4.54. The zero-order valence-corrected chi connectivity index (χ0v) is 10.8.